The molecule has 3 aromatic carbocycles. The maximum Gasteiger partial charge on any atom is 0.230 e. The van der Waals surface area contributed by atoms with Gasteiger partial charge in [0.1, 0.15) is 5.82 Å². The molecule has 0 radical (unpaired) electrons. The minimum atomic E-state index is -0.0675. The topological polar surface area (TPSA) is 59.8 Å². The molecule has 34 heavy (non-hydrogen) atoms. The first kappa shape index (κ1) is 22.4. The van der Waals surface area contributed by atoms with Crippen molar-refractivity contribution in [1.82, 2.24) is 20.1 Å². The van der Waals surface area contributed by atoms with E-state index >= 15 is 0 Å². The van der Waals surface area contributed by atoms with Crippen LogP contribution in [0.5, 0.6) is 0 Å². The second-order valence-corrected chi connectivity index (χ2v) is 9.70. The van der Waals surface area contributed by atoms with Crippen LogP contribution >= 0.6 is 11.8 Å². The summed E-state index contributed by atoms with van der Waals surface area (Å²) in [6.45, 7) is 2.75. The molecule has 1 N–H and O–H groups in total. The van der Waals surface area contributed by atoms with Crippen LogP contribution in [0, 0.1) is 0 Å². The van der Waals surface area contributed by atoms with E-state index in [0.717, 1.165) is 23.1 Å². The van der Waals surface area contributed by atoms with Gasteiger partial charge in [0, 0.05) is 5.92 Å². The van der Waals surface area contributed by atoms with Gasteiger partial charge in [-0.25, -0.2) is 0 Å². The highest BCUT2D eigenvalue weighted by Gasteiger charge is 2.30. The Morgan fingerprint density at radius 3 is 2.26 bits per heavy atom. The quantitative estimate of drug-likeness (QED) is 0.314. The Kier molecular flexibility index (Phi) is 6.77. The summed E-state index contributed by atoms with van der Waals surface area (Å²) in [6, 6.07) is 28.9. The van der Waals surface area contributed by atoms with Crippen molar-refractivity contribution in [3.05, 3.63) is 102 Å². The van der Waals surface area contributed by atoms with Gasteiger partial charge in [0.15, 0.2) is 5.16 Å². The van der Waals surface area contributed by atoms with Crippen molar-refractivity contribution in [2.24, 2.45) is 0 Å². The van der Waals surface area contributed by atoms with Gasteiger partial charge in [0.2, 0.25) is 5.91 Å². The lowest BCUT2D eigenvalue weighted by Crippen LogP contribution is -2.28. The average Bonchev–Trinajstić information content (AvgIpc) is 3.65. The second kappa shape index (κ2) is 10.3. The van der Waals surface area contributed by atoms with Crippen LogP contribution in [0.1, 0.15) is 48.7 Å². The number of amides is 1. The lowest BCUT2D eigenvalue weighted by atomic mass is 10.0. The first-order valence-corrected chi connectivity index (χ1v) is 12.7. The molecular weight excluding hydrogens is 440 g/mol. The van der Waals surface area contributed by atoms with Gasteiger partial charge in [0.05, 0.1) is 18.3 Å². The van der Waals surface area contributed by atoms with E-state index in [-0.39, 0.29) is 11.9 Å². The van der Waals surface area contributed by atoms with Crippen LogP contribution in [-0.2, 0) is 11.3 Å². The highest BCUT2D eigenvalue weighted by atomic mass is 32.2. The van der Waals surface area contributed by atoms with E-state index in [1.807, 2.05) is 43.3 Å². The molecule has 1 aromatic heterocycles. The number of carbonyl (C=O) groups excluding carboxylic acids is 1. The number of nitrogens with one attached hydrogen (secondary N) is 1. The number of thioether (sulfide) groups is 1. The molecule has 6 heteroatoms. The normalized spacial score (nSPS) is 14.0. The smallest absolute Gasteiger partial charge is 0.230 e. The highest BCUT2D eigenvalue weighted by Crippen LogP contribution is 2.40. The molecule has 172 valence electrons. The fourth-order valence-corrected chi connectivity index (χ4v) is 4.81. The molecule has 5 rings (SSSR count). The van der Waals surface area contributed by atoms with Crippen LogP contribution in [0.2, 0.25) is 0 Å². The fourth-order valence-electron chi connectivity index (χ4n) is 4.06. The van der Waals surface area contributed by atoms with Crippen molar-refractivity contribution in [3.8, 4) is 11.1 Å². The molecule has 5 nitrogen and oxygen atoms in total. The molecule has 1 aliphatic rings. The third kappa shape index (κ3) is 5.39. The van der Waals surface area contributed by atoms with Gasteiger partial charge in [0.25, 0.3) is 0 Å². The SMILES string of the molecule is CC(NC(=O)CSc1nnc(C2CC2)n1Cc1ccccc1)c1ccc(-c2ccccc2)cc1. The predicted molar refractivity (Wildman–Crippen MR) is 137 cm³/mol. The summed E-state index contributed by atoms with van der Waals surface area (Å²) in [5.41, 5.74) is 4.65. The minimum Gasteiger partial charge on any atom is -0.349 e. The molecule has 1 atom stereocenters. The van der Waals surface area contributed by atoms with E-state index in [9.17, 15) is 4.79 Å². The number of hydrogen-bond donors (Lipinski definition) is 1. The van der Waals surface area contributed by atoms with E-state index in [2.05, 4.69) is 68.6 Å². The van der Waals surface area contributed by atoms with Crippen LogP contribution < -0.4 is 5.32 Å². The van der Waals surface area contributed by atoms with Crippen LogP contribution in [-0.4, -0.2) is 26.4 Å². The summed E-state index contributed by atoms with van der Waals surface area (Å²) in [7, 11) is 0. The fraction of sp³-hybridized carbons (Fsp3) is 0.250. The largest absolute Gasteiger partial charge is 0.349 e. The first-order chi connectivity index (χ1) is 16.7. The molecular formula is C28H28N4OS. The maximum absolute atomic E-state index is 12.7. The average molecular weight is 469 g/mol. The lowest BCUT2D eigenvalue weighted by molar-refractivity contribution is -0.119. The highest BCUT2D eigenvalue weighted by molar-refractivity contribution is 7.99. The van der Waals surface area contributed by atoms with Gasteiger partial charge in [-0.2, -0.15) is 0 Å². The van der Waals surface area contributed by atoms with Crippen LogP contribution in [0.15, 0.2) is 90.1 Å². The molecule has 0 spiro atoms. The number of nitrogens with zero attached hydrogens (tertiary/aromatic N) is 3. The molecule has 1 saturated carbocycles. The van der Waals surface area contributed by atoms with Gasteiger partial charge in [-0.05, 0) is 42.0 Å². The predicted octanol–water partition coefficient (Wildman–Crippen LogP) is 5.84. The van der Waals surface area contributed by atoms with E-state index in [1.54, 1.807) is 0 Å². The zero-order chi connectivity index (χ0) is 23.3. The zero-order valence-electron chi connectivity index (χ0n) is 19.2. The van der Waals surface area contributed by atoms with Crippen molar-refractivity contribution in [3.63, 3.8) is 0 Å². The Labute approximate surface area is 204 Å². The Balaban J connectivity index is 1.20. The van der Waals surface area contributed by atoms with Crippen molar-refractivity contribution >= 4 is 17.7 Å². The Hall–Kier alpha value is -3.38. The molecule has 4 aromatic rings. The molecule has 0 saturated heterocycles. The van der Waals surface area contributed by atoms with E-state index in [1.165, 1.54) is 41.3 Å². The van der Waals surface area contributed by atoms with Gasteiger partial charge in [-0.1, -0.05) is 96.7 Å². The maximum atomic E-state index is 12.7. The summed E-state index contributed by atoms with van der Waals surface area (Å²) in [5, 5.41) is 12.8. The Morgan fingerprint density at radius 1 is 0.941 bits per heavy atom. The van der Waals surface area contributed by atoms with Crippen LogP contribution in [0.4, 0.5) is 0 Å². The number of benzene rings is 3. The standard InChI is InChI=1S/C28H28N4OS/c1-20(22-12-14-24(15-13-22)23-10-6-3-7-11-23)29-26(33)19-34-28-31-30-27(25-16-17-25)32(28)18-21-8-4-2-5-9-21/h2-15,20,25H,16-19H2,1H3,(H,29,33). The van der Waals surface area contributed by atoms with Gasteiger partial charge >= 0.3 is 0 Å². The first-order valence-electron chi connectivity index (χ1n) is 11.7. The molecule has 0 aliphatic heterocycles. The Morgan fingerprint density at radius 2 is 1.59 bits per heavy atom. The summed E-state index contributed by atoms with van der Waals surface area (Å²) in [5.74, 6) is 1.84. The summed E-state index contributed by atoms with van der Waals surface area (Å²) in [6.07, 6.45) is 2.33. The van der Waals surface area contributed by atoms with Crippen LogP contribution in [0.3, 0.4) is 0 Å². The van der Waals surface area contributed by atoms with E-state index in [4.69, 9.17) is 0 Å². The molecule has 1 fully saturated rings. The molecule has 0 bridgehead atoms. The van der Waals surface area contributed by atoms with Gasteiger partial charge < -0.3 is 9.88 Å². The van der Waals surface area contributed by atoms with Crippen molar-refractivity contribution in [2.45, 2.75) is 43.4 Å². The lowest BCUT2D eigenvalue weighted by Gasteiger charge is -2.15. The van der Waals surface area contributed by atoms with Crippen molar-refractivity contribution < 1.29 is 4.79 Å². The number of carbonyl (C=O) groups is 1. The third-order valence-electron chi connectivity index (χ3n) is 6.10. The monoisotopic (exact) mass is 468 g/mol. The number of rotatable bonds is 9. The number of hydrogen-bond acceptors (Lipinski definition) is 4. The van der Waals surface area contributed by atoms with Crippen molar-refractivity contribution in [2.75, 3.05) is 5.75 Å². The third-order valence-corrected chi connectivity index (χ3v) is 7.07. The molecule has 1 heterocycles. The molecule has 1 aliphatic carbocycles. The zero-order valence-corrected chi connectivity index (χ0v) is 20.0. The van der Waals surface area contributed by atoms with E-state index in [0.29, 0.717) is 11.7 Å². The van der Waals surface area contributed by atoms with E-state index < -0.39 is 0 Å². The second-order valence-electron chi connectivity index (χ2n) is 8.75. The van der Waals surface area contributed by atoms with Gasteiger partial charge in [-0.3, -0.25) is 4.79 Å². The Bertz CT molecular complexity index is 1230. The van der Waals surface area contributed by atoms with Crippen LogP contribution in [0.25, 0.3) is 11.1 Å². The molecule has 1 amide bonds. The summed E-state index contributed by atoms with van der Waals surface area (Å²) < 4.78 is 2.18. The van der Waals surface area contributed by atoms with Crippen molar-refractivity contribution in [1.29, 1.82) is 0 Å². The minimum absolute atomic E-state index is 0.00753. The van der Waals surface area contributed by atoms with Gasteiger partial charge in [-0.15, -0.1) is 10.2 Å². The summed E-state index contributed by atoms with van der Waals surface area (Å²) in [4.78, 5) is 12.7. The number of aromatic nitrogens is 3. The molecule has 1 unspecified atom stereocenters. The summed E-state index contributed by atoms with van der Waals surface area (Å²) >= 11 is 1.45.